The molecule has 160 valence electrons. The normalized spacial score (nSPS) is 11.2. The van der Waals surface area contributed by atoms with E-state index < -0.39 is 11.6 Å². The van der Waals surface area contributed by atoms with Crippen molar-refractivity contribution in [3.05, 3.63) is 64.4 Å². The second-order valence-electron chi connectivity index (χ2n) is 7.38. The molecule has 7 heteroatoms. The van der Waals surface area contributed by atoms with Gasteiger partial charge in [-0.05, 0) is 49.2 Å². The van der Waals surface area contributed by atoms with E-state index in [1.165, 1.54) is 6.07 Å². The van der Waals surface area contributed by atoms with Gasteiger partial charge in [0, 0.05) is 23.7 Å². The zero-order chi connectivity index (χ0) is 21.7. The van der Waals surface area contributed by atoms with E-state index >= 15 is 0 Å². The molecule has 0 fully saturated rings. The highest BCUT2D eigenvalue weighted by molar-refractivity contribution is 6.31. The predicted octanol–water partition coefficient (Wildman–Crippen LogP) is 6.21. The van der Waals surface area contributed by atoms with Crippen molar-refractivity contribution in [3.63, 3.8) is 0 Å². The van der Waals surface area contributed by atoms with E-state index in [0.29, 0.717) is 11.6 Å². The fraction of sp³-hybridized carbons (Fsp3) is 0.391. The number of hydrogen-bond acceptors (Lipinski definition) is 2. The van der Waals surface area contributed by atoms with Gasteiger partial charge in [-0.2, -0.15) is 0 Å². The fourth-order valence-corrected chi connectivity index (χ4v) is 3.69. The largest absolute Gasteiger partial charge is 0.331 e. The van der Waals surface area contributed by atoms with Crippen LogP contribution < -0.4 is 0 Å². The number of benzene rings is 2. The molecule has 0 N–H and O–H groups in total. The SMILES string of the molecule is CCCCCN(Cc1nc2ccc(Cl)cc2n1CCC)C(=O)c1ccc(F)c(F)c1. The molecule has 0 unspecified atom stereocenters. The summed E-state index contributed by atoms with van der Waals surface area (Å²) in [6.07, 6.45) is 3.71. The minimum Gasteiger partial charge on any atom is -0.331 e. The first-order chi connectivity index (χ1) is 14.4. The molecule has 30 heavy (non-hydrogen) atoms. The first-order valence-corrected chi connectivity index (χ1v) is 10.7. The lowest BCUT2D eigenvalue weighted by Crippen LogP contribution is -2.33. The zero-order valence-corrected chi connectivity index (χ0v) is 18.1. The number of unbranched alkanes of at least 4 members (excludes halogenated alkanes) is 2. The number of fused-ring (bicyclic) bond motifs is 1. The number of rotatable bonds is 9. The van der Waals surface area contributed by atoms with Crippen LogP contribution in [0.3, 0.4) is 0 Å². The van der Waals surface area contributed by atoms with Crippen LogP contribution in [-0.4, -0.2) is 26.9 Å². The summed E-state index contributed by atoms with van der Waals surface area (Å²) >= 11 is 6.18. The number of aryl methyl sites for hydroxylation is 1. The Hall–Kier alpha value is -2.47. The number of carbonyl (C=O) groups is 1. The van der Waals surface area contributed by atoms with Crippen LogP contribution in [0, 0.1) is 11.6 Å². The molecule has 1 heterocycles. The molecule has 0 atom stereocenters. The monoisotopic (exact) mass is 433 g/mol. The fourth-order valence-electron chi connectivity index (χ4n) is 3.53. The van der Waals surface area contributed by atoms with E-state index in [4.69, 9.17) is 16.6 Å². The van der Waals surface area contributed by atoms with Gasteiger partial charge in [-0.1, -0.05) is 38.3 Å². The van der Waals surface area contributed by atoms with Crippen molar-refractivity contribution in [2.75, 3.05) is 6.54 Å². The van der Waals surface area contributed by atoms with Crippen LogP contribution in [0.5, 0.6) is 0 Å². The third-order valence-corrected chi connectivity index (χ3v) is 5.29. The maximum absolute atomic E-state index is 13.7. The second kappa shape index (κ2) is 10.0. The molecule has 0 aliphatic heterocycles. The van der Waals surface area contributed by atoms with Crippen LogP contribution in [0.2, 0.25) is 5.02 Å². The number of nitrogens with zero attached hydrogens (tertiary/aromatic N) is 3. The van der Waals surface area contributed by atoms with Gasteiger partial charge in [-0.15, -0.1) is 0 Å². The molecule has 1 aromatic heterocycles. The summed E-state index contributed by atoms with van der Waals surface area (Å²) in [5.74, 6) is -1.58. The Morgan fingerprint density at radius 1 is 1.07 bits per heavy atom. The van der Waals surface area contributed by atoms with Crippen LogP contribution in [0.1, 0.15) is 55.7 Å². The maximum Gasteiger partial charge on any atom is 0.254 e. The van der Waals surface area contributed by atoms with Gasteiger partial charge in [0.15, 0.2) is 11.6 Å². The third-order valence-electron chi connectivity index (χ3n) is 5.05. The van der Waals surface area contributed by atoms with Gasteiger partial charge >= 0.3 is 0 Å². The van der Waals surface area contributed by atoms with Crippen LogP contribution in [0.25, 0.3) is 11.0 Å². The van der Waals surface area contributed by atoms with Crippen LogP contribution in [-0.2, 0) is 13.1 Å². The molecule has 1 amide bonds. The molecule has 0 saturated heterocycles. The van der Waals surface area contributed by atoms with Crippen molar-refractivity contribution in [2.45, 2.75) is 52.6 Å². The molecular formula is C23H26ClF2N3O. The van der Waals surface area contributed by atoms with Crippen molar-refractivity contribution in [2.24, 2.45) is 0 Å². The summed E-state index contributed by atoms with van der Waals surface area (Å²) in [6.45, 7) is 5.71. The quantitative estimate of drug-likeness (QED) is 0.376. The lowest BCUT2D eigenvalue weighted by atomic mass is 10.1. The average molecular weight is 434 g/mol. The highest BCUT2D eigenvalue weighted by Gasteiger charge is 2.21. The number of amides is 1. The average Bonchev–Trinajstić information content (AvgIpc) is 3.05. The zero-order valence-electron chi connectivity index (χ0n) is 17.3. The van der Waals surface area contributed by atoms with Crippen LogP contribution in [0.4, 0.5) is 8.78 Å². The Morgan fingerprint density at radius 3 is 2.57 bits per heavy atom. The molecule has 3 aromatic rings. The van der Waals surface area contributed by atoms with Gasteiger partial charge in [0.2, 0.25) is 0 Å². The van der Waals surface area contributed by atoms with Crippen LogP contribution in [0.15, 0.2) is 36.4 Å². The summed E-state index contributed by atoms with van der Waals surface area (Å²) in [4.78, 5) is 19.5. The van der Waals surface area contributed by atoms with Crippen molar-refractivity contribution in [1.82, 2.24) is 14.5 Å². The second-order valence-corrected chi connectivity index (χ2v) is 7.81. The Bertz CT molecular complexity index is 1030. The Balaban J connectivity index is 1.95. The standard InChI is InChI=1S/C23H26ClF2N3O/c1-3-5-6-12-28(23(30)16-7-9-18(25)19(26)13-16)15-22-27-20-10-8-17(24)14-21(20)29(22)11-4-2/h7-10,13-14H,3-6,11-12,15H2,1-2H3. The molecule has 0 radical (unpaired) electrons. The Labute approximate surface area is 180 Å². The summed E-state index contributed by atoms with van der Waals surface area (Å²) in [6, 6.07) is 8.80. The molecule has 0 aliphatic carbocycles. The van der Waals surface area contributed by atoms with Gasteiger partial charge in [-0.25, -0.2) is 13.8 Å². The van der Waals surface area contributed by atoms with Gasteiger partial charge in [0.25, 0.3) is 5.91 Å². The van der Waals surface area contributed by atoms with E-state index in [1.807, 2.05) is 12.1 Å². The molecule has 2 aromatic carbocycles. The highest BCUT2D eigenvalue weighted by atomic mass is 35.5. The van der Waals surface area contributed by atoms with Gasteiger partial charge in [0.05, 0.1) is 17.6 Å². The summed E-state index contributed by atoms with van der Waals surface area (Å²) < 4.78 is 29.1. The van der Waals surface area contributed by atoms with E-state index in [0.717, 1.165) is 61.2 Å². The molecule has 0 bridgehead atoms. The van der Waals surface area contributed by atoms with Gasteiger partial charge in [0.1, 0.15) is 5.82 Å². The number of imidazole rings is 1. The number of aromatic nitrogens is 2. The summed E-state index contributed by atoms with van der Waals surface area (Å²) in [7, 11) is 0. The van der Waals surface area contributed by atoms with E-state index in [9.17, 15) is 13.6 Å². The maximum atomic E-state index is 13.7. The van der Waals surface area contributed by atoms with Crippen molar-refractivity contribution >= 4 is 28.5 Å². The first kappa shape index (κ1) is 22.2. The molecule has 0 spiro atoms. The van der Waals surface area contributed by atoms with Crippen molar-refractivity contribution in [3.8, 4) is 0 Å². The topological polar surface area (TPSA) is 38.1 Å². The van der Waals surface area contributed by atoms with Gasteiger partial charge in [-0.3, -0.25) is 4.79 Å². The number of halogens is 3. The van der Waals surface area contributed by atoms with E-state index in [-0.39, 0.29) is 18.0 Å². The Kier molecular flexibility index (Phi) is 7.43. The molecule has 3 rings (SSSR count). The van der Waals surface area contributed by atoms with Gasteiger partial charge < -0.3 is 9.47 Å². The predicted molar refractivity (Wildman–Crippen MR) is 116 cm³/mol. The minimum atomic E-state index is -1.03. The first-order valence-electron chi connectivity index (χ1n) is 10.3. The smallest absolute Gasteiger partial charge is 0.254 e. The summed E-state index contributed by atoms with van der Waals surface area (Å²) in [5, 5.41) is 0.629. The Morgan fingerprint density at radius 2 is 1.87 bits per heavy atom. The van der Waals surface area contributed by atoms with E-state index in [2.05, 4.69) is 18.4 Å². The van der Waals surface area contributed by atoms with Crippen molar-refractivity contribution < 1.29 is 13.6 Å². The van der Waals surface area contributed by atoms with E-state index in [1.54, 1.807) is 11.0 Å². The number of carbonyl (C=O) groups excluding carboxylic acids is 1. The lowest BCUT2D eigenvalue weighted by molar-refractivity contribution is 0.0733. The lowest BCUT2D eigenvalue weighted by Gasteiger charge is -2.23. The minimum absolute atomic E-state index is 0.131. The third kappa shape index (κ3) is 4.98. The van der Waals surface area contributed by atoms with Crippen molar-refractivity contribution in [1.29, 1.82) is 0 Å². The molecular weight excluding hydrogens is 408 g/mol. The molecule has 0 aliphatic rings. The van der Waals surface area contributed by atoms with Crippen LogP contribution >= 0.6 is 11.6 Å². The molecule has 4 nitrogen and oxygen atoms in total. The number of hydrogen-bond donors (Lipinski definition) is 0. The summed E-state index contributed by atoms with van der Waals surface area (Å²) in [5.41, 5.74) is 1.87. The molecule has 0 saturated carbocycles. The highest BCUT2D eigenvalue weighted by Crippen LogP contribution is 2.23.